The van der Waals surface area contributed by atoms with Crippen molar-refractivity contribution in [2.24, 2.45) is 0 Å². The topological polar surface area (TPSA) is 56.7 Å². The van der Waals surface area contributed by atoms with Gasteiger partial charge in [-0.15, -0.1) is 0 Å². The molecule has 0 aliphatic carbocycles. The third-order valence-corrected chi connectivity index (χ3v) is 5.41. The molecule has 2 aliphatic heterocycles. The van der Waals surface area contributed by atoms with E-state index in [2.05, 4.69) is 37.6 Å². The molecule has 6 nitrogen and oxygen atoms in total. The largest absolute Gasteiger partial charge is 0.494 e. The maximum absolute atomic E-state index is 6.15. The zero-order valence-electron chi connectivity index (χ0n) is 15.3. The minimum Gasteiger partial charge on any atom is -0.399 e. The molecular formula is C18H24BN3O3. The lowest BCUT2D eigenvalue weighted by Crippen LogP contribution is -2.41. The summed E-state index contributed by atoms with van der Waals surface area (Å²) in [4.78, 5) is 11.6. The molecule has 132 valence electrons. The summed E-state index contributed by atoms with van der Waals surface area (Å²) in [5, 5.41) is 0. The molecule has 3 heterocycles. The number of hydrogen-bond donors (Lipinski definition) is 0. The van der Waals surface area contributed by atoms with Crippen LogP contribution in [-0.4, -0.2) is 54.6 Å². The van der Waals surface area contributed by atoms with Crippen LogP contribution in [0.25, 0.3) is 11.0 Å². The molecule has 1 aromatic carbocycles. The summed E-state index contributed by atoms with van der Waals surface area (Å²) in [6.07, 6.45) is 1.84. The maximum atomic E-state index is 6.15. The molecule has 0 atom stereocenters. The van der Waals surface area contributed by atoms with Crippen LogP contribution < -0.4 is 10.4 Å². The second-order valence-electron chi connectivity index (χ2n) is 7.66. The molecule has 2 aliphatic rings. The summed E-state index contributed by atoms with van der Waals surface area (Å²) < 4.78 is 17.7. The minimum atomic E-state index is -0.386. The third kappa shape index (κ3) is 3.01. The third-order valence-electron chi connectivity index (χ3n) is 5.41. The molecule has 0 amide bonds. The van der Waals surface area contributed by atoms with Crippen molar-refractivity contribution in [3.05, 3.63) is 24.4 Å². The Morgan fingerprint density at radius 1 is 1.00 bits per heavy atom. The predicted molar refractivity (Wildman–Crippen MR) is 98.3 cm³/mol. The molecule has 4 rings (SSSR count). The Morgan fingerprint density at radius 2 is 1.68 bits per heavy atom. The quantitative estimate of drug-likeness (QED) is 0.776. The number of morpholine rings is 1. The monoisotopic (exact) mass is 341 g/mol. The van der Waals surface area contributed by atoms with Gasteiger partial charge in [-0.25, -0.2) is 4.98 Å². The van der Waals surface area contributed by atoms with E-state index in [1.54, 1.807) is 0 Å². The Balaban J connectivity index is 1.65. The van der Waals surface area contributed by atoms with Crippen LogP contribution in [0.5, 0.6) is 0 Å². The number of benzene rings is 1. The number of anilines is 1. The molecule has 0 spiro atoms. The Labute approximate surface area is 148 Å². The standard InChI is InChI=1S/C18H24BN3O3/c1-17(2)18(3,4)25-19(24-17)13-5-6-14-15(11-13)21-16(12-20-14)22-7-9-23-10-8-22/h5-6,11-12H,7-10H2,1-4H3. The smallest absolute Gasteiger partial charge is 0.399 e. The number of ether oxygens (including phenoxy) is 1. The van der Waals surface area contributed by atoms with Crippen LogP contribution in [-0.2, 0) is 14.0 Å². The van der Waals surface area contributed by atoms with Gasteiger partial charge in [-0.05, 0) is 45.3 Å². The van der Waals surface area contributed by atoms with Gasteiger partial charge in [0.25, 0.3) is 0 Å². The van der Waals surface area contributed by atoms with Gasteiger partial charge in [-0.1, -0.05) is 6.07 Å². The molecule has 1 aromatic heterocycles. The van der Waals surface area contributed by atoms with E-state index in [-0.39, 0.29) is 18.3 Å². The molecule has 2 fully saturated rings. The first kappa shape index (κ1) is 16.8. The average molecular weight is 341 g/mol. The molecule has 2 aromatic rings. The van der Waals surface area contributed by atoms with Crippen LogP contribution in [0.3, 0.4) is 0 Å². The first-order chi connectivity index (χ1) is 11.9. The average Bonchev–Trinajstić information content (AvgIpc) is 2.82. The van der Waals surface area contributed by atoms with Crippen molar-refractivity contribution in [1.82, 2.24) is 9.97 Å². The molecule has 0 N–H and O–H groups in total. The fraction of sp³-hybridized carbons (Fsp3) is 0.556. The van der Waals surface area contributed by atoms with Gasteiger partial charge in [0.15, 0.2) is 0 Å². The zero-order chi connectivity index (χ0) is 17.7. The lowest BCUT2D eigenvalue weighted by molar-refractivity contribution is 0.00578. The number of aromatic nitrogens is 2. The van der Waals surface area contributed by atoms with E-state index < -0.39 is 0 Å². The number of hydrogen-bond acceptors (Lipinski definition) is 6. The van der Waals surface area contributed by atoms with Crippen molar-refractivity contribution in [2.45, 2.75) is 38.9 Å². The summed E-state index contributed by atoms with van der Waals surface area (Å²) in [5.41, 5.74) is 2.00. The highest BCUT2D eigenvalue weighted by atomic mass is 16.7. The SMILES string of the molecule is CC1(C)OB(c2ccc3ncc(N4CCOCC4)nc3c2)OC1(C)C. The van der Waals surface area contributed by atoms with E-state index in [1.165, 1.54) is 0 Å². The first-order valence-electron chi connectivity index (χ1n) is 8.81. The Hall–Kier alpha value is -1.70. The van der Waals surface area contributed by atoms with Gasteiger partial charge in [-0.3, -0.25) is 4.98 Å². The van der Waals surface area contributed by atoms with E-state index in [0.29, 0.717) is 0 Å². The Bertz CT molecular complexity index is 774. The van der Waals surface area contributed by atoms with Gasteiger partial charge in [-0.2, -0.15) is 0 Å². The highest BCUT2D eigenvalue weighted by Crippen LogP contribution is 2.36. The highest BCUT2D eigenvalue weighted by Gasteiger charge is 2.51. The summed E-state index contributed by atoms with van der Waals surface area (Å²) in [5.74, 6) is 0.891. The molecule has 25 heavy (non-hydrogen) atoms. The second-order valence-corrected chi connectivity index (χ2v) is 7.66. The van der Waals surface area contributed by atoms with Crippen molar-refractivity contribution in [1.29, 1.82) is 0 Å². The molecule has 7 heteroatoms. The van der Waals surface area contributed by atoms with Crippen LogP contribution in [0.4, 0.5) is 5.82 Å². The second kappa shape index (κ2) is 5.93. The van der Waals surface area contributed by atoms with Crippen molar-refractivity contribution in [3.8, 4) is 0 Å². The lowest BCUT2D eigenvalue weighted by Gasteiger charge is -2.32. The summed E-state index contributed by atoms with van der Waals surface area (Å²) in [7, 11) is -0.386. The van der Waals surface area contributed by atoms with Crippen molar-refractivity contribution in [2.75, 3.05) is 31.2 Å². The predicted octanol–water partition coefficient (Wildman–Crippen LogP) is 1.77. The van der Waals surface area contributed by atoms with Crippen LogP contribution in [0.1, 0.15) is 27.7 Å². The summed E-state index contributed by atoms with van der Waals surface area (Å²) >= 11 is 0. The van der Waals surface area contributed by atoms with Crippen LogP contribution in [0, 0.1) is 0 Å². The van der Waals surface area contributed by atoms with Crippen LogP contribution in [0.2, 0.25) is 0 Å². The van der Waals surface area contributed by atoms with Crippen LogP contribution >= 0.6 is 0 Å². The molecular weight excluding hydrogens is 317 g/mol. The molecule has 0 saturated carbocycles. The van der Waals surface area contributed by atoms with Gasteiger partial charge in [0.05, 0.1) is 41.6 Å². The molecule has 0 radical (unpaired) electrons. The van der Waals surface area contributed by atoms with E-state index in [1.807, 2.05) is 24.4 Å². The van der Waals surface area contributed by atoms with Crippen LogP contribution in [0.15, 0.2) is 24.4 Å². The first-order valence-corrected chi connectivity index (χ1v) is 8.81. The van der Waals surface area contributed by atoms with Gasteiger partial charge in [0.1, 0.15) is 5.82 Å². The number of fused-ring (bicyclic) bond motifs is 1. The van der Waals surface area contributed by atoms with Crippen molar-refractivity contribution >= 4 is 29.4 Å². The molecule has 0 unspecified atom stereocenters. The summed E-state index contributed by atoms with van der Waals surface area (Å²) in [6.45, 7) is 11.4. The lowest BCUT2D eigenvalue weighted by atomic mass is 9.79. The number of rotatable bonds is 2. The fourth-order valence-corrected chi connectivity index (χ4v) is 3.09. The Kier molecular flexibility index (Phi) is 3.98. The van der Waals surface area contributed by atoms with E-state index >= 15 is 0 Å². The maximum Gasteiger partial charge on any atom is 0.494 e. The van der Waals surface area contributed by atoms with Gasteiger partial charge < -0.3 is 18.9 Å². The normalized spacial score (nSPS) is 22.6. The Morgan fingerprint density at radius 3 is 2.36 bits per heavy atom. The van der Waals surface area contributed by atoms with Gasteiger partial charge >= 0.3 is 7.12 Å². The summed E-state index contributed by atoms with van der Waals surface area (Å²) in [6, 6.07) is 6.01. The fourth-order valence-electron chi connectivity index (χ4n) is 3.09. The van der Waals surface area contributed by atoms with E-state index in [9.17, 15) is 0 Å². The minimum absolute atomic E-state index is 0.353. The molecule has 0 bridgehead atoms. The van der Waals surface area contributed by atoms with Gasteiger partial charge in [0.2, 0.25) is 0 Å². The zero-order valence-corrected chi connectivity index (χ0v) is 15.3. The van der Waals surface area contributed by atoms with E-state index in [0.717, 1.165) is 48.6 Å². The van der Waals surface area contributed by atoms with Crippen molar-refractivity contribution in [3.63, 3.8) is 0 Å². The molecule has 2 saturated heterocycles. The van der Waals surface area contributed by atoms with Crippen molar-refractivity contribution < 1.29 is 14.0 Å². The van der Waals surface area contributed by atoms with Gasteiger partial charge in [0, 0.05) is 13.1 Å². The van der Waals surface area contributed by atoms with E-state index in [4.69, 9.17) is 19.0 Å². The highest BCUT2D eigenvalue weighted by molar-refractivity contribution is 6.62. The number of nitrogens with zero attached hydrogens (tertiary/aromatic N) is 3.